The van der Waals surface area contributed by atoms with Crippen LogP contribution in [0.5, 0.6) is 0 Å². The van der Waals surface area contributed by atoms with Crippen molar-refractivity contribution in [3.8, 4) is 0 Å². The maximum atomic E-state index is 12.6. The average molecular weight is 282 g/mol. The monoisotopic (exact) mass is 282 g/mol. The van der Waals surface area contributed by atoms with Gasteiger partial charge in [-0.1, -0.05) is 25.7 Å². The topological polar surface area (TPSA) is 92.4 Å². The van der Waals surface area contributed by atoms with Crippen LogP contribution in [0.3, 0.4) is 0 Å². The first kappa shape index (κ1) is 15.3. The van der Waals surface area contributed by atoms with Gasteiger partial charge in [0.1, 0.15) is 0 Å². The molecule has 1 amide bonds. The Labute approximate surface area is 120 Å². The molecule has 2 atom stereocenters. The lowest BCUT2D eigenvalue weighted by Crippen LogP contribution is -2.48. The van der Waals surface area contributed by atoms with E-state index in [1.165, 1.54) is 12.8 Å². The summed E-state index contributed by atoms with van der Waals surface area (Å²) in [6.45, 7) is 0.397. The molecule has 20 heavy (non-hydrogen) atoms. The van der Waals surface area contributed by atoms with E-state index in [1.807, 2.05) is 0 Å². The quantitative estimate of drug-likeness (QED) is 0.684. The number of carboxylic acid groups (broad SMARTS) is 1. The SMILES string of the molecule is NCC1(C(=O)NC2CCC(C(=O)O)C2)CCCCCC1. The van der Waals surface area contributed by atoms with Crippen LogP contribution in [-0.2, 0) is 9.59 Å². The van der Waals surface area contributed by atoms with E-state index in [-0.39, 0.29) is 17.9 Å². The van der Waals surface area contributed by atoms with Crippen molar-refractivity contribution in [1.29, 1.82) is 0 Å². The molecule has 2 fully saturated rings. The molecule has 2 unspecified atom stereocenters. The fraction of sp³-hybridized carbons (Fsp3) is 0.867. The molecule has 0 aromatic carbocycles. The molecule has 5 heteroatoms. The van der Waals surface area contributed by atoms with E-state index >= 15 is 0 Å². The molecule has 0 spiro atoms. The third kappa shape index (κ3) is 3.32. The van der Waals surface area contributed by atoms with Gasteiger partial charge in [0, 0.05) is 12.6 Å². The van der Waals surface area contributed by atoms with Gasteiger partial charge < -0.3 is 16.2 Å². The minimum Gasteiger partial charge on any atom is -0.481 e. The van der Waals surface area contributed by atoms with Gasteiger partial charge in [0.05, 0.1) is 11.3 Å². The lowest BCUT2D eigenvalue weighted by Gasteiger charge is -2.31. The van der Waals surface area contributed by atoms with Crippen LogP contribution in [0.25, 0.3) is 0 Å². The van der Waals surface area contributed by atoms with Crippen molar-refractivity contribution in [2.45, 2.75) is 63.8 Å². The van der Waals surface area contributed by atoms with Gasteiger partial charge in [0.15, 0.2) is 0 Å². The van der Waals surface area contributed by atoms with E-state index in [1.54, 1.807) is 0 Å². The molecule has 0 radical (unpaired) electrons. The van der Waals surface area contributed by atoms with Crippen molar-refractivity contribution in [2.75, 3.05) is 6.54 Å². The van der Waals surface area contributed by atoms with Crippen molar-refractivity contribution in [3.63, 3.8) is 0 Å². The third-order valence-electron chi connectivity index (χ3n) is 5.05. The van der Waals surface area contributed by atoms with Crippen LogP contribution in [0, 0.1) is 11.3 Å². The zero-order valence-electron chi connectivity index (χ0n) is 12.1. The Morgan fingerprint density at radius 3 is 2.30 bits per heavy atom. The number of nitrogens with two attached hydrogens (primary N) is 1. The highest BCUT2D eigenvalue weighted by Crippen LogP contribution is 2.35. The Kier molecular flexibility index (Phi) is 5.02. The fourth-order valence-corrected chi connectivity index (χ4v) is 3.60. The van der Waals surface area contributed by atoms with Gasteiger partial charge >= 0.3 is 5.97 Å². The van der Waals surface area contributed by atoms with Crippen LogP contribution in [0.1, 0.15) is 57.8 Å². The first-order valence-corrected chi connectivity index (χ1v) is 7.81. The maximum absolute atomic E-state index is 12.6. The van der Waals surface area contributed by atoms with E-state index in [0.29, 0.717) is 19.4 Å². The smallest absolute Gasteiger partial charge is 0.306 e. The minimum atomic E-state index is -0.746. The summed E-state index contributed by atoms with van der Waals surface area (Å²) in [5.74, 6) is -0.994. The summed E-state index contributed by atoms with van der Waals surface area (Å²) < 4.78 is 0. The number of hydrogen-bond acceptors (Lipinski definition) is 3. The van der Waals surface area contributed by atoms with E-state index in [0.717, 1.165) is 32.1 Å². The first-order valence-electron chi connectivity index (χ1n) is 7.81. The number of carboxylic acids is 1. The van der Waals surface area contributed by atoms with Gasteiger partial charge in [-0.2, -0.15) is 0 Å². The summed E-state index contributed by atoms with van der Waals surface area (Å²) in [7, 11) is 0. The summed E-state index contributed by atoms with van der Waals surface area (Å²) in [6.07, 6.45) is 8.20. The van der Waals surface area contributed by atoms with Crippen LogP contribution >= 0.6 is 0 Å². The normalized spacial score (nSPS) is 29.6. The van der Waals surface area contributed by atoms with Gasteiger partial charge in [-0.05, 0) is 32.1 Å². The number of rotatable bonds is 4. The first-order chi connectivity index (χ1) is 9.57. The van der Waals surface area contributed by atoms with Crippen LogP contribution in [0.15, 0.2) is 0 Å². The minimum absolute atomic E-state index is 0.00952. The van der Waals surface area contributed by atoms with E-state index in [9.17, 15) is 9.59 Å². The standard InChI is InChI=1S/C15H26N2O3/c16-10-15(7-3-1-2-4-8-15)14(20)17-12-6-5-11(9-12)13(18)19/h11-12H,1-10,16H2,(H,17,20)(H,18,19). The Hall–Kier alpha value is -1.10. The van der Waals surface area contributed by atoms with Gasteiger partial charge in [-0.25, -0.2) is 0 Å². The molecular weight excluding hydrogens is 256 g/mol. The summed E-state index contributed by atoms with van der Waals surface area (Å²) in [5, 5.41) is 12.1. The molecule has 0 aromatic rings. The van der Waals surface area contributed by atoms with Crippen molar-refractivity contribution in [2.24, 2.45) is 17.1 Å². The molecule has 0 aliphatic heterocycles. The van der Waals surface area contributed by atoms with Gasteiger partial charge in [0.25, 0.3) is 0 Å². The predicted octanol–water partition coefficient (Wildman–Crippen LogP) is 1.66. The number of aliphatic carboxylic acids is 1. The largest absolute Gasteiger partial charge is 0.481 e. The van der Waals surface area contributed by atoms with E-state index < -0.39 is 11.4 Å². The second kappa shape index (κ2) is 6.57. The molecule has 5 nitrogen and oxygen atoms in total. The second-order valence-corrected chi connectivity index (χ2v) is 6.42. The summed E-state index contributed by atoms with van der Waals surface area (Å²) >= 11 is 0. The Balaban J connectivity index is 1.94. The van der Waals surface area contributed by atoms with Crippen molar-refractivity contribution >= 4 is 11.9 Å². The summed E-state index contributed by atoms with van der Waals surface area (Å²) in [5.41, 5.74) is 5.48. The van der Waals surface area contributed by atoms with Gasteiger partial charge in [0.2, 0.25) is 5.91 Å². The lowest BCUT2D eigenvalue weighted by molar-refractivity contribution is -0.141. The number of amides is 1. The molecule has 0 saturated heterocycles. The molecule has 0 aromatic heterocycles. The Morgan fingerprint density at radius 2 is 1.80 bits per heavy atom. The maximum Gasteiger partial charge on any atom is 0.306 e. The van der Waals surface area contributed by atoms with Gasteiger partial charge in [-0.15, -0.1) is 0 Å². The van der Waals surface area contributed by atoms with Crippen molar-refractivity contribution in [1.82, 2.24) is 5.32 Å². The van der Waals surface area contributed by atoms with E-state index in [4.69, 9.17) is 10.8 Å². The van der Waals surface area contributed by atoms with Crippen LogP contribution in [0.4, 0.5) is 0 Å². The number of hydrogen-bond donors (Lipinski definition) is 3. The number of carbonyl (C=O) groups is 2. The molecule has 2 rings (SSSR count). The van der Waals surface area contributed by atoms with Gasteiger partial charge in [-0.3, -0.25) is 9.59 Å². The van der Waals surface area contributed by atoms with Crippen molar-refractivity contribution < 1.29 is 14.7 Å². The molecule has 114 valence electrons. The van der Waals surface area contributed by atoms with Crippen LogP contribution < -0.4 is 11.1 Å². The predicted molar refractivity (Wildman–Crippen MR) is 76.1 cm³/mol. The van der Waals surface area contributed by atoms with Crippen LogP contribution in [-0.4, -0.2) is 29.6 Å². The Morgan fingerprint density at radius 1 is 1.15 bits per heavy atom. The summed E-state index contributed by atoms with van der Waals surface area (Å²) in [6, 6.07) is 0.00952. The fourth-order valence-electron chi connectivity index (χ4n) is 3.60. The van der Waals surface area contributed by atoms with Crippen molar-refractivity contribution in [3.05, 3.63) is 0 Å². The number of nitrogens with one attached hydrogen (secondary N) is 1. The average Bonchev–Trinajstić information content (AvgIpc) is 2.75. The van der Waals surface area contributed by atoms with Crippen LogP contribution in [0.2, 0.25) is 0 Å². The molecule has 2 aliphatic rings. The Bertz CT molecular complexity index is 362. The van der Waals surface area contributed by atoms with E-state index in [2.05, 4.69) is 5.32 Å². The molecule has 0 heterocycles. The number of carbonyl (C=O) groups excluding carboxylic acids is 1. The highest BCUT2D eigenvalue weighted by atomic mass is 16.4. The second-order valence-electron chi connectivity index (χ2n) is 6.42. The molecule has 4 N–H and O–H groups in total. The zero-order chi connectivity index (χ0) is 14.6. The highest BCUT2D eigenvalue weighted by Gasteiger charge is 2.39. The molecule has 2 saturated carbocycles. The lowest BCUT2D eigenvalue weighted by atomic mass is 9.79. The zero-order valence-corrected chi connectivity index (χ0v) is 12.1. The third-order valence-corrected chi connectivity index (χ3v) is 5.05. The molecule has 0 bridgehead atoms. The molecular formula is C15H26N2O3. The highest BCUT2D eigenvalue weighted by molar-refractivity contribution is 5.83. The summed E-state index contributed by atoms with van der Waals surface area (Å²) in [4.78, 5) is 23.6. The molecule has 2 aliphatic carbocycles.